The lowest BCUT2D eigenvalue weighted by Crippen LogP contribution is -2.50. The lowest BCUT2D eigenvalue weighted by Gasteiger charge is -2.36. The van der Waals surface area contributed by atoms with Crippen LogP contribution in [0.15, 0.2) is 24.5 Å². The molecule has 0 atom stereocenters. The van der Waals surface area contributed by atoms with E-state index in [1.54, 1.807) is 28.7 Å². The molecule has 1 saturated heterocycles. The molecule has 0 spiro atoms. The molecule has 0 radical (unpaired) electrons. The van der Waals surface area contributed by atoms with E-state index in [9.17, 15) is 9.59 Å². The number of hydrogen-bond donors (Lipinski definition) is 2. The van der Waals surface area contributed by atoms with Gasteiger partial charge in [0.15, 0.2) is 0 Å². The Balaban J connectivity index is 2.01. The highest BCUT2D eigenvalue weighted by molar-refractivity contribution is 14.1. The van der Waals surface area contributed by atoms with Crippen molar-refractivity contribution in [3.63, 3.8) is 0 Å². The number of rotatable bonds is 2. The maximum atomic E-state index is 12.2. The van der Waals surface area contributed by atoms with Gasteiger partial charge in [-0.05, 0) is 25.0 Å². The SMILES string of the molecule is O=C(c1cccnc1)N1CCC(I)(C(=O)NO)CC1. The Morgan fingerprint density at radius 1 is 1.42 bits per heavy atom. The number of aromatic nitrogens is 1. The number of nitrogens with zero attached hydrogens (tertiary/aromatic N) is 2. The van der Waals surface area contributed by atoms with Crippen molar-refractivity contribution in [3.8, 4) is 0 Å². The number of piperidine rings is 1. The minimum Gasteiger partial charge on any atom is -0.338 e. The minimum absolute atomic E-state index is 0.0732. The van der Waals surface area contributed by atoms with Crippen LogP contribution in [0, 0.1) is 0 Å². The fourth-order valence-electron chi connectivity index (χ4n) is 2.06. The number of carbonyl (C=O) groups excluding carboxylic acids is 2. The molecular formula is C12H14IN3O3. The number of amides is 2. The van der Waals surface area contributed by atoms with E-state index in [2.05, 4.69) is 4.98 Å². The number of likely N-dealkylation sites (tertiary alicyclic amines) is 1. The van der Waals surface area contributed by atoms with E-state index in [0.29, 0.717) is 31.5 Å². The zero-order valence-corrected chi connectivity index (χ0v) is 12.3. The third kappa shape index (κ3) is 3.03. The normalized spacial score (nSPS) is 17.9. The zero-order valence-electron chi connectivity index (χ0n) is 10.2. The van der Waals surface area contributed by atoms with Gasteiger partial charge in [0.1, 0.15) is 3.42 Å². The summed E-state index contributed by atoms with van der Waals surface area (Å²) < 4.78 is -0.641. The van der Waals surface area contributed by atoms with E-state index in [-0.39, 0.29) is 5.91 Å². The Bertz CT molecular complexity index is 472. The molecule has 2 rings (SSSR count). The second-order valence-electron chi connectivity index (χ2n) is 4.44. The lowest BCUT2D eigenvalue weighted by atomic mass is 9.95. The average Bonchev–Trinajstić information content (AvgIpc) is 2.47. The van der Waals surface area contributed by atoms with E-state index in [1.807, 2.05) is 22.6 Å². The first-order chi connectivity index (χ1) is 9.07. The Morgan fingerprint density at radius 3 is 2.63 bits per heavy atom. The van der Waals surface area contributed by atoms with E-state index >= 15 is 0 Å². The molecule has 0 saturated carbocycles. The highest BCUT2D eigenvalue weighted by atomic mass is 127. The van der Waals surface area contributed by atoms with Crippen molar-refractivity contribution in [3.05, 3.63) is 30.1 Å². The van der Waals surface area contributed by atoms with Crippen molar-refractivity contribution in [2.24, 2.45) is 0 Å². The van der Waals surface area contributed by atoms with Crippen molar-refractivity contribution >= 4 is 34.4 Å². The van der Waals surface area contributed by atoms with Gasteiger partial charge in [0.25, 0.3) is 11.8 Å². The average molecular weight is 375 g/mol. The van der Waals surface area contributed by atoms with Gasteiger partial charge in [-0.25, -0.2) is 5.48 Å². The fourth-order valence-corrected chi connectivity index (χ4v) is 2.67. The van der Waals surface area contributed by atoms with Crippen molar-refractivity contribution in [2.45, 2.75) is 16.3 Å². The predicted octanol–water partition coefficient (Wildman–Crippen LogP) is 0.997. The van der Waals surface area contributed by atoms with Gasteiger partial charge in [-0.3, -0.25) is 19.8 Å². The first kappa shape index (κ1) is 14.2. The molecule has 0 bridgehead atoms. The summed E-state index contributed by atoms with van der Waals surface area (Å²) in [6.07, 6.45) is 4.20. The number of nitrogens with one attached hydrogen (secondary N) is 1. The van der Waals surface area contributed by atoms with Gasteiger partial charge in [-0.15, -0.1) is 0 Å². The van der Waals surface area contributed by atoms with E-state index in [4.69, 9.17) is 5.21 Å². The minimum atomic E-state index is -0.641. The van der Waals surface area contributed by atoms with Crippen LogP contribution < -0.4 is 5.48 Å². The fraction of sp³-hybridized carbons (Fsp3) is 0.417. The molecule has 19 heavy (non-hydrogen) atoms. The first-order valence-corrected chi connectivity index (χ1v) is 6.97. The molecule has 0 unspecified atom stereocenters. The van der Waals surface area contributed by atoms with Crippen molar-refractivity contribution < 1.29 is 14.8 Å². The van der Waals surface area contributed by atoms with Gasteiger partial charge in [-0.2, -0.15) is 0 Å². The van der Waals surface area contributed by atoms with Crippen LogP contribution in [0.2, 0.25) is 0 Å². The molecule has 2 N–H and O–H groups in total. The van der Waals surface area contributed by atoms with Gasteiger partial charge in [0, 0.05) is 25.5 Å². The third-order valence-electron chi connectivity index (χ3n) is 3.26. The van der Waals surface area contributed by atoms with Crippen LogP contribution in [0.4, 0.5) is 0 Å². The molecule has 1 aromatic rings. The van der Waals surface area contributed by atoms with Gasteiger partial charge in [0.05, 0.1) is 5.56 Å². The largest absolute Gasteiger partial charge is 0.338 e. The molecule has 1 aliphatic rings. The summed E-state index contributed by atoms with van der Waals surface area (Å²) in [5.74, 6) is -0.475. The molecule has 2 heterocycles. The van der Waals surface area contributed by atoms with Crippen molar-refractivity contribution in [2.75, 3.05) is 13.1 Å². The maximum absolute atomic E-state index is 12.2. The van der Waals surface area contributed by atoms with Crippen LogP contribution in [-0.4, -0.2) is 43.4 Å². The van der Waals surface area contributed by atoms with E-state index in [1.165, 1.54) is 6.20 Å². The summed E-state index contributed by atoms with van der Waals surface area (Å²) in [6.45, 7) is 0.980. The summed E-state index contributed by atoms with van der Waals surface area (Å²) in [4.78, 5) is 29.4. The standard InChI is InChI=1S/C12H14IN3O3/c13-12(11(18)15-19)3-6-16(7-4-12)10(17)9-2-1-5-14-8-9/h1-2,5,8,19H,3-4,6-7H2,(H,15,18). The van der Waals surface area contributed by atoms with Crippen LogP contribution in [0.5, 0.6) is 0 Å². The van der Waals surface area contributed by atoms with Gasteiger partial charge < -0.3 is 4.90 Å². The monoisotopic (exact) mass is 375 g/mol. The highest BCUT2D eigenvalue weighted by Crippen LogP contribution is 2.32. The summed E-state index contributed by atoms with van der Waals surface area (Å²) in [6, 6.07) is 3.45. The summed E-state index contributed by atoms with van der Waals surface area (Å²) in [7, 11) is 0. The molecule has 0 aliphatic carbocycles. The Hall–Kier alpha value is -1.22. The van der Waals surface area contributed by atoms with Crippen molar-refractivity contribution in [1.29, 1.82) is 0 Å². The van der Waals surface area contributed by atoms with Crippen LogP contribution >= 0.6 is 22.6 Å². The Kier molecular flexibility index (Phi) is 4.35. The smallest absolute Gasteiger partial charge is 0.259 e. The molecule has 2 amide bonds. The summed E-state index contributed by atoms with van der Waals surface area (Å²) in [5.41, 5.74) is 2.24. The lowest BCUT2D eigenvalue weighted by molar-refractivity contribution is -0.132. The highest BCUT2D eigenvalue weighted by Gasteiger charge is 2.39. The van der Waals surface area contributed by atoms with Crippen LogP contribution in [-0.2, 0) is 4.79 Å². The summed E-state index contributed by atoms with van der Waals surface area (Å²) in [5, 5.41) is 8.71. The molecule has 1 fully saturated rings. The van der Waals surface area contributed by atoms with Gasteiger partial charge in [0.2, 0.25) is 0 Å². The van der Waals surface area contributed by atoms with E-state index in [0.717, 1.165) is 0 Å². The number of carbonyl (C=O) groups is 2. The number of hydrogen-bond acceptors (Lipinski definition) is 4. The Labute approximate surface area is 124 Å². The first-order valence-electron chi connectivity index (χ1n) is 5.89. The maximum Gasteiger partial charge on any atom is 0.259 e. The Morgan fingerprint density at radius 2 is 2.11 bits per heavy atom. The third-order valence-corrected chi connectivity index (χ3v) is 4.83. The zero-order chi connectivity index (χ0) is 13.9. The predicted molar refractivity (Wildman–Crippen MR) is 76.1 cm³/mol. The quantitative estimate of drug-likeness (QED) is 0.350. The number of pyridine rings is 1. The molecule has 6 nitrogen and oxygen atoms in total. The van der Waals surface area contributed by atoms with Crippen molar-refractivity contribution in [1.82, 2.24) is 15.4 Å². The van der Waals surface area contributed by atoms with Crippen LogP contribution in [0.1, 0.15) is 23.2 Å². The second kappa shape index (κ2) is 5.83. The number of hydroxylamine groups is 1. The second-order valence-corrected chi connectivity index (χ2v) is 6.51. The molecular weight excluding hydrogens is 361 g/mol. The molecule has 1 aliphatic heterocycles. The summed E-state index contributed by atoms with van der Waals surface area (Å²) >= 11 is 2.04. The van der Waals surface area contributed by atoms with Gasteiger partial charge in [-0.1, -0.05) is 22.6 Å². The molecule has 0 aromatic carbocycles. The van der Waals surface area contributed by atoms with Crippen LogP contribution in [0.3, 0.4) is 0 Å². The number of alkyl halides is 1. The number of halogens is 1. The topological polar surface area (TPSA) is 82.5 Å². The molecule has 102 valence electrons. The van der Waals surface area contributed by atoms with E-state index < -0.39 is 9.33 Å². The van der Waals surface area contributed by atoms with Crippen LogP contribution in [0.25, 0.3) is 0 Å². The van der Waals surface area contributed by atoms with Gasteiger partial charge >= 0.3 is 0 Å². The molecule has 1 aromatic heterocycles. The molecule has 7 heteroatoms.